The predicted molar refractivity (Wildman–Crippen MR) is 76.4 cm³/mol. The van der Waals surface area contributed by atoms with Crippen molar-refractivity contribution in [3.63, 3.8) is 0 Å². The highest BCUT2D eigenvalue weighted by Gasteiger charge is 2.14. The van der Waals surface area contributed by atoms with Crippen LogP contribution in [-0.2, 0) is 15.8 Å². The molecule has 110 valence electrons. The highest BCUT2D eigenvalue weighted by atomic mass is 35.5. The third-order valence-electron chi connectivity index (χ3n) is 2.38. The number of benzene rings is 1. The van der Waals surface area contributed by atoms with Gasteiger partial charge in [-0.3, -0.25) is 14.8 Å². The number of non-ortho nitro benzene ring substituents is 1. The number of nitro benzene ring substituents is 1. The summed E-state index contributed by atoms with van der Waals surface area (Å²) in [6, 6.07) is 5.25. The van der Waals surface area contributed by atoms with Crippen LogP contribution >= 0.6 is 11.6 Å². The summed E-state index contributed by atoms with van der Waals surface area (Å²) in [7, 11) is -3.70. The fraction of sp³-hybridized carbons (Fsp3) is 0.0909. The lowest BCUT2D eigenvalue weighted by Crippen LogP contribution is -2.16. The summed E-state index contributed by atoms with van der Waals surface area (Å²) in [5.74, 6) is -0.295. The molecule has 1 heterocycles. The van der Waals surface area contributed by atoms with Crippen molar-refractivity contribution < 1.29 is 13.3 Å². The monoisotopic (exact) mass is 328 g/mol. The Morgan fingerprint density at radius 3 is 2.38 bits per heavy atom. The summed E-state index contributed by atoms with van der Waals surface area (Å²) < 4.78 is 26.1. The molecule has 8 nitrogen and oxygen atoms in total. The van der Waals surface area contributed by atoms with Crippen molar-refractivity contribution in [2.45, 2.75) is 5.75 Å². The van der Waals surface area contributed by atoms with Crippen LogP contribution < -0.4 is 4.72 Å². The smallest absolute Gasteiger partial charge is 0.266 e. The Kier molecular flexibility index (Phi) is 4.34. The van der Waals surface area contributed by atoms with Crippen molar-refractivity contribution in [3.8, 4) is 0 Å². The molecule has 0 spiro atoms. The van der Waals surface area contributed by atoms with Gasteiger partial charge < -0.3 is 0 Å². The van der Waals surface area contributed by atoms with E-state index in [9.17, 15) is 18.5 Å². The molecular weight excluding hydrogens is 320 g/mol. The molecule has 0 saturated carbocycles. The first-order valence-electron chi connectivity index (χ1n) is 5.57. The Morgan fingerprint density at radius 1 is 1.19 bits per heavy atom. The first-order valence-corrected chi connectivity index (χ1v) is 7.60. The van der Waals surface area contributed by atoms with Crippen molar-refractivity contribution in [1.29, 1.82) is 0 Å². The van der Waals surface area contributed by atoms with E-state index in [2.05, 4.69) is 14.7 Å². The Bertz CT molecular complexity index is 747. The number of nitrogens with one attached hydrogen (secondary N) is 1. The minimum absolute atomic E-state index is 0.0429. The zero-order valence-corrected chi connectivity index (χ0v) is 12.0. The van der Waals surface area contributed by atoms with Crippen LogP contribution in [0.25, 0.3) is 0 Å². The third-order valence-corrected chi connectivity index (χ3v) is 3.81. The normalized spacial score (nSPS) is 11.1. The van der Waals surface area contributed by atoms with Crippen molar-refractivity contribution >= 4 is 33.1 Å². The van der Waals surface area contributed by atoms with Gasteiger partial charge in [0.15, 0.2) is 5.82 Å². The molecule has 2 aromatic rings. The second-order valence-corrected chi connectivity index (χ2v) is 6.12. The molecular formula is C11H9ClN4O4S. The molecule has 0 aliphatic rings. The van der Waals surface area contributed by atoms with Gasteiger partial charge in [0.05, 0.1) is 23.1 Å². The van der Waals surface area contributed by atoms with E-state index in [4.69, 9.17) is 11.6 Å². The molecule has 1 aromatic carbocycles. The molecule has 1 N–H and O–H groups in total. The highest BCUT2D eigenvalue weighted by molar-refractivity contribution is 7.91. The maximum Gasteiger partial charge on any atom is 0.269 e. The minimum atomic E-state index is -3.70. The molecule has 0 saturated heterocycles. The Balaban J connectivity index is 2.10. The first kappa shape index (κ1) is 15.1. The minimum Gasteiger partial charge on any atom is -0.266 e. The third kappa shape index (κ3) is 4.36. The highest BCUT2D eigenvalue weighted by Crippen LogP contribution is 2.15. The van der Waals surface area contributed by atoms with Gasteiger partial charge in [-0.1, -0.05) is 23.7 Å². The maximum atomic E-state index is 11.9. The van der Waals surface area contributed by atoms with Crippen LogP contribution in [0.1, 0.15) is 5.56 Å². The van der Waals surface area contributed by atoms with Crippen LogP contribution in [0.4, 0.5) is 11.5 Å². The van der Waals surface area contributed by atoms with E-state index >= 15 is 0 Å². The van der Waals surface area contributed by atoms with Gasteiger partial charge in [0, 0.05) is 12.1 Å². The SMILES string of the molecule is O=[N+]([O-])c1ccc(CS(=O)(=O)Nc2cnc(Cl)cn2)cc1. The van der Waals surface area contributed by atoms with Gasteiger partial charge in [0.25, 0.3) is 5.69 Å². The summed E-state index contributed by atoms with van der Waals surface area (Å²) in [4.78, 5) is 17.4. The topological polar surface area (TPSA) is 115 Å². The summed E-state index contributed by atoms with van der Waals surface area (Å²) in [6.07, 6.45) is 2.40. The van der Waals surface area contributed by atoms with E-state index in [-0.39, 0.29) is 22.4 Å². The largest absolute Gasteiger partial charge is 0.269 e. The molecule has 1 aromatic heterocycles. The quantitative estimate of drug-likeness (QED) is 0.662. The summed E-state index contributed by atoms with van der Waals surface area (Å²) in [5.41, 5.74) is 0.308. The van der Waals surface area contributed by atoms with E-state index in [1.807, 2.05) is 0 Å². The predicted octanol–water partition coefficient (Wildman–Crippen LogP) is 1.98. The number of nitro groups is 1. The standard InChI is InChI=1S/C11H9ClN4O4S/c12-10-5-14-11(6-13-10)15-21(19,20)7-8-1-3-9(4-2-8)16(17)18/h1-6H,7H2,(H,14,15). The molecule has 10 heteroatoms. The van der Waals surface area contributed by atoms with Crippen LogP contribution in [0.5, 0.6) is 0 Å². The van der Waals surface area contributed by atoms with Crippen molar-refractivity contribution in [2.24, 2.45) is 0 Å². The Labute approximate surface area is 125 Å². The molecule has 0 unspecified atom stereocenters. The summed E-state index contributed by atoms with van der Waals surface area (Å²) in [5, 5.41) is 10.7. The Hall–Kier alpha value is -2.26. The number of sulfonamides is 1. The van der Waals surface area contributed by atoms with E-state index in [1.165, 1.54) is 36.7 Å². The second-order valence-electron chi connectivity index (χ2n) is 4.01. The van der Waals surface area contributed by atoms with Gasteiger partial charge in [-0.05, 0) is 5.56 Å². The number of halogens is 1. The molecule has 0 aliphatic carbocycles. The lowest BCUT2D eigenvalue weighted by atomic mass is 10.2. The zero-order chi connectivity index (χ0) is 15.5. The number of nitrogens with zero attached hydrogens (tertiary/aromatic N) is 3. The van der Waals surface area contributed by atoms with Crippen LogP contribution in [0.2, 0.25) is 5.15 Å². The van der Waals surface area contributed by atoms with Crippen LogP contribution in [0.15, 0.2) is 36.7 Å². The molecule has 0 atom stereocenters. The van der Waals surface area contributed by atoms with Crippen molar-refractivity contribution in [1.82, 2.24) is 9.97 Å². The van der Waals surface area contributed by atoms with E-state index in [0.29, 0.717) is 5.56 Å². The average Bonchev–Trinajstić information content (AvgIpc) is 2.41. The Morgan fingerprint density at radius 2 is 1.86 bits per heavy atom. The van der Waals surface area contributed by atoms with Gasteiger partial charge >= 0.3 is 0 Å². The lowest BCUT2D eigenvalue weighted by Gasteiger charge is -2.06. The molecule has 0 fully saturated rings. The van der Waals surface area contributed by atoms with Gasteiger partial charge in [0.2, 0.25) is 10.0 Å². The number of hydrogen-bond donors (Lipinski definition) is 1. The number of aromatic nitrogens is 2. The summed E-state index contributed by atoms with van der Waals surface area (Å²) >= 11 is 5.55. The number of anilines is 1. The van der Waals surface area contributed by atoms with Gasteiger partial charge in [0.1, 0.15) is 5.15 Å². The average molecular weight is 329 g/mol. The lowest BCUT2D eigenvalue weighted by molar-refractivity contribution is -0.384. The van der Waals surface area contributed by atoms with E-state index < -0.39 is 14.9 Å². The molecule has 0 radical (unpaired) electrons. The van der Waals surface area contributed by atoms with E-state index in [1.54, 1.807) is 0 Å². The van der Waals surface area contributed by atoms with Crippen molar-refractivity contribution in [3.05, 3.63) is 57.5 Å². The van der Waals surface area contributed by atoms with Crippen LogP contribution in [0, 0.1) is 10.1 Å². The maximum absolute atomic E-state index is 11.9. The number of rotatable bonds is 5. The number of hydrogen-bond acceptors (Lipinski definition) is 6. The second kappa shape index (κ2) is 6.02. The first-order chi connectivity index (χ1) is 9.85. The van der Waals surface area contributed by atoms with Crippen LogP contribution in [0.3, 0.4) is 0 Å². The zero-order valence-electron chi connectivity index (χ0n) is 10.4. The summed E-state index contributed by atoms with van der Waals surface area (Å²) in [6.45, 7) is 0. The van der Waals surface area contributed by atoms with Gasteiger partial charge in [-0.15, -0.1) is 0 Å². The molecule has 0 amide bonds. The van der Waals surface area contributed by atoms with Crippen molar-refractivity contribution in [2.75, 3.05) is 4.72 Å². The molecule has 21 heavy (non-hydrogen) atoms. The molecule has 0 bridgehead atoms. The molecule has 0 aliphatic heterocycles. The fourth-order valence-electron chi connectivity index (χ4n) is 1.49. The van der Waals surface area contributed by atoms with Gasteiger partial charge in [-0.2, -0.15) is 0 Å². The molecule has 2 rings (SSSR count). The van der Waals surface area contributed by atoms with Crippen LogP contribution in [-0.4, -0.2) is 23.3 Å². The van der Waals surface area contributed by atoms with Gasteiger partial charge in [-0.25, -0.2) is 18.4 Å². The van der Waals surface area contributed by atoms with E-state index in [0.717, 1.165) is 0 Å². The fourth-order valence-corrected chi connectivity index (χ4v) is 2.72.